The Morgan fingerprint density at radius 3 is 2.60 bits per heavy atom. The van der Waals surface area contributed by atoms with Crippen LogP contribution in [-0.2, 0) is 6.42 Å². The first-order chi connectivity index (χ1) is 14.7. The number of hydrogen-bond donors (Lipinski definition) is 0. The molecule has 30 heavy (non-hydrogen) atoms. The molecule has 152 valence electrons. The Labute approximate surface area is 181 Å². The predicted octanol–water partition coefficient (Wildman–Crippen LogP) is 5.24. The van der Waals surface area contributed by atoms with E-state index in [2.05, 4.69) is 50.3 Å². The maximum absolute atomic E-state index is 6.32. The van der Waals surface area contributed by atoms with Gasteiger partial charge in [-0.2, -0.15) is 5.10 Å². The normalized spacial score (nSPS) is 15.1. The third kappa shape index (κ3) is 3.65. The van der Waals surface area contributed by atoms with Crippen molar-refractivity contribution in [1.82, 2.24) is 19.7 Å². The summed E-state index contributed by atoms with van der Waals surface area (Å²) in [6.07, 6.45) is 7.00. The molecule has 0 N–H and O–H groups in total. The summed E-state index contributed by atoms with van der Waals surface area (Å²) in [6.45, 7) is 4.01. The number of hydrogen-bond acceptors (Lipinski definition) is 4. The fourth-order valence-electron chi connectivity index (χ4n) is 4.28. The molecular weight excluding hydrogens is 394 g/mol. The van der Waals surface area contributed by atoms with Crippen molar-refractivity contribution in [2.75, 3.05) is 18.0 Å². The van der Waals surface area contributed by atoms with Crippen LogP contribution in [0.3, 0.4) is 0 Å². The zero-order valence-electron chi connectivity index (χ0n) is 17.0. The van der Waals surface area contributed by atoms with E-state index < -0.39 is 0 Å². The molecule has 1 aliphatic rings. The molecular formula is C24H24ClN5. The number of anilines is 1. The summed E-state index contributed by atoms with van der Waals surface area (Å²) >= 11 is 6.32. The van der Waals surface area contributed by atoms with Gasteiger partial charge in [0.25, 0.3) is 0 Å². The fraction of sp³-hybridized carbons (Fsp3) is 0.292. The Kier molecular flexibility index (Phi) is 5.13. The highest BCUT2D eigenvalue weighted by Crippen LogP contribution is 2.30. The number of aryl methyl sites for hydroxylation is 1. The van der Waals surface area contributed by atoms with Gasteiger partial charge >= 0.3 is 0 Å². The summed E-state index contributed by atoms with van der Waals surface area (Å²) in [7, 11) is 0. The smallest absolute Gasteiger partial charge is 0.168 e. The second kappa shape index (κ2) is 8.07. The van der Waals surface area contributed by atoms with Crippen LogP contribution in [0.25, 0.3) is 16.7 Å². The summed E-state index contributed by atoms with van der Waals surface area (Å²) in [5.74, 6) is 1.70. The molecule has 5 nitrogen and oxygen atoms in total. The standard InChI is InChI=1S/C24H24ClN5/c1-17-7-8-20(14-22(17)25)30-24-21(15-28-30)23(26-16-27-24)29-11-9-19(10-12-29)13-18-5-3-2-4-6-18/h2-8,14-16,19H,9-13H2,1H3. The van der Waals surface area contributed by atoms with Gasteiger partial charge in [0.1, 0.15) is 12.1 Å². The number of aromatic nitrogens is 4. The van der Waals surface area contributed by atoms with Crippen LogP contribution in [0.4, 0.5) is 5.82 Å². The van der Waals surface area contributed by atoms with Gasteiger partial charge in [-0.1, -0.05) is 48.0 Å². The van der Waals surface area contributed by atoms with Gasteiger partial charge in [-0.15, -0.1) is 0 Å². The van der Waals surface area contributed by atoms with Crippen molar-refractivity contribution in [2.45, 2.75) is 26.2 Å². The number of nitrogens with zero attached hydrogens (tertiary/aromatic N) is 5. The minimum absolute atomic E-state index is 0.721. The van der Waals surface area contributed by atoms with Gasteiger partial charge < -0.3 is 4.90 Å². The lowest BCUT2D eigenvalue weighted by Crippen LogP contribution is -2.35. The summed E-state index contributed by atoms with van der Waals surface area (Å²) < 4.78 is 1.84. The van der Waals surface area contributed by atoms with Gasteiger partial charge in [-0.25, -0.2) is 14.6 Å². The third-order valence-electron chi connectivity index (χ3n) is 6.03. The van der Waals surface area contributed by atoms with Crippen molar-refractivity contribution in [2.24, 2.45) is 5.92 Å². The van der Waals surface area contributed by atoms with E-state index in [1.165, 1.54) is 18.4 Å². The molecule has 3 heterocycles. The Morgan fingerprint density at radius 2 is 1.83 bits per heavy atom. The molecule has 1 fully saturated rings. The SMILES string of the molecule is Cc1ccc(-n2ncc3c(N4CCC(Cc5ccccc5)CC4)ncnc32)cc1Cl. The number of rotatable bonds is 4. The van der Waals surface area contributed by atoms with Crippen molar-refractivity contribution < 1.29 is 0 Å². The van der Waals surface area contributed by atoms with Crippen molar-refractivity contribution in [3.05, 3.63) is 77.2 Å². The first kappa shape index (κ1) is 19.1. The molecule has 0 atom stereocenters. The lowest BCUT2D eigenvalue weighted by Gasteiger charge is -2.33. The Hall–Kier alpha value is -2.92. The average Bonchev–Trinajstić information content (AvgIpc) is 3.21. The maximum Gasteiger partial charge on any atom is 0.168 e. The summed E-state index contributed by atoms with van der Waals surface area (Å²) in [5.41, 5.74) is 4.20. The second-order valence-corrected chi connectivity index (χ2v) is 8.45. The third-order valence-corrected chi connectivity index (χ3v) is 6.43. The second-order valence-electron chi connectivity index (χ2n) is 8.04. The monoisotopic (exact) mass is 417 g/mol. The highest BCUT2D eigenvalue weighted by Gasteiger charge is 2.23. The lowest BCUT2D eigenvalue weighted by molar-refractivity contribution is 0.402. The molecule has 0 amide bonds. The van der Waals surface area contributed by atoms with E-state index >= 15 is 0 Å². The van der Waals surface area contributed by atoms with Crippen LogP contribution in [0.15, 0.2) is 61.1 Å². The predicted molar refractivity (Wildman–Crippen MR) is 121 cm³/mol. The van der Waals surface area contributed by atoms with Crippen LogP contribution in [0.1, 0.15) is 24.0 Å². The van der Waals surface area contributed by atoms with E-state index in [0.717, 1.165) is 58.6 Å². The Bertz CT molecular complexity index is 1160. The first-order valence-corrected chi connectivity index (χ1v) is 10.8. The molecule has 2 aromatic heterocycles. The molecule has 0 saturated carbocycles. The van der Waals surface area contributed by atoms with Crippen molar-refractivity contribution in [3.8, 4) is 5.69 Å². The van der Waals surface area contributed by atoms with Crippen LogP contribution in [0.2, 0.25) is 5.02 Å². The molecule has 6 heteroatoms. The Morgan fingerprint density at radius 1 is 1.03 bits per heavy atom. The van der Waals surface area contributed by atoms with Crippen LogP contribution in [-0.4, -0.2) is 32.8 Å². The van der Waals surface area contributed by atoms with E-state index in [-0.39, 0.29) is 0 Å². The topological polar surface area (TPSA) is 46.8 Å². The zero-order chi connectivity index (χ0) is 20.5. The fourth-order valence-corrected chi connectivity index (χ4v) is 4.46. The van der Waals surface area contributed by atoms with Gasteiger partial charge in [-0.05, 0) is 55.4 Å². The van der Waals surface area contributed by atoms with Gasteiger partial charge in [-0.3, -0.25) is 0 Å². The Balaban J connectivity index is 1.37. The summed E-state index contributed by atoms with van der Waals surface area (Å²) in [5, 5.41) is 6.30. The van der Waals surface area contributed by atoms with E-state index in [1.807, 2.05) is 36.0 Å². The molecule has 4 aromatic rings. The highest BCUT2D eigenvalue weighted by atomic mass is 35.5. The molecule has 0 spiro atoms. The van der Waals surface area contributed by atoms with Gasteiger partial charge in [0.2, 0.25) is 0 Å². The average molecular weight is 418 g/mol. The first-order valence-electron chi connectivity index (χ1n) is 10.4. The van der Waals surface area contributed by atoms with E-state index in [9.17, 15) is 0 Å². The highest BCUT2D eigenvalue weighted by molar-refractivity contribution is 6.31. The van der Waals surface area contributed by atoms with Crippen LogP contribution >= 0.6 is 11.6 Å². The lowest BCUT2D eigenvalue weighted by atomic mass is 9.90. The van der Waals surface area contributed by atoms with Gasteiger partial charge in [0, 0.05) is 18.1 Å². The summed E-state index contributed by atoms with van der Waals surface area (Å²) in [6, 6.07) is 16.7. The number of fused-ring (bicyclic) bond motifs is 1. The largest absolute Gasteiger partial charge is 0.356 e. The van der Waals surface area contributed by atoms with Gasteiger partial charge in [0.15, 0.2) is 5.65 Å². The number of piperidine rings is 1. The summed E-state index contributed by atoms with van der Waals surface area (Å²) in [4.78, 5) is 11.5. The number of halogens is 1. The molecule has 1 saturated heterocycles. The number of benzene rings is 2. The minimum atomic E-state index is 0.721. The molecule has 0 radical (unpaired) electrons. The van der Waals surface area contributed by atoms with Crippen molar-refractivity contribution >= 4 is 28.5 Å². The maximum atomic E-state index is 6.32. The van der Waals surface area contributed by atoms with Gasteiger partial charge in [0.05, 0.1) is 17.3 Å². The molecule has 0 unspecified atom stereocenters. The zero-order valence-corrected chi connectivity index (χ0v) is 17.8. The van der Waals surface area contributed by atoms with E-state index in [0.29, 0.717) is 0 Å². The van der Waals surface area contributed by atoms with Crippen LogP contribution < -0.4 is 4.90 Å². The van der Waals surface area contributed by atoms with Crippen molar-refractivity contribution in [3.63, 3.8) is 0 Å². The van der Waals surface area contributed by atoms with Crippen LogP contribution in [0, 0.1) is 12.8 Å². The molecule has 5 rings (SSSR count). The molecule has 0 bridgehead atoms. The molecule has 2 aromatic carbocycles. The van der Waals surface area contributed by atoms with Crippen molar-refractivity contribution in [1.29, 1.82) is 0 Å². The minimum Gasteiger partial charge on any atom is -0.356 e. The van der Waals surface area contributed by atoms with E-state index in [4.69, 9.17) is 11.6 Å². The van der Waals surface area contributed by atoms with E-state index in [1.54, 1.807) is 6.33 Å². The molecule has 0 aliphatic carbocycles. The van der Waals surface area contributed by atoms with Crippen LogP contribution in [0.5, 0.6) is 0 Å². The quantitative estimate of drug-likeness (QED) is 0.455. The molecule has 1 aliphatic heterocycles.